The highest BCUT2D eigenvalue weighted by atomic mass is 35.5. The molecule has 17 heavy (non-hydrogen) atoms. The Balaban J connectivity index is 2.49. The third-order valence-corrected chi connectivity index (χ3v) is 2.56. The van der Waals surface area contributed by atoms with Crippen LogP contribution in [0.15, 0.2) is 37.2 Å². The van der Waals surface area contributed by atoms with Crippen LogP contribution >= 0.6 is 11.6 Å². The molecular weight excluding hydrogens is 241 g/mol. The van der Waals surface area contributed by atoms with Crippen molar-refractivity contribution in [1.82, 2.24) is 9.55 Å². The van der Waals surface area contributed by atoms with Gasteiger partial charge >= 0.3 is 0 Å². The van der Waals surface area contributed by atoms with Crippen molar-refractivity contribution in [2.45, 2.75) is 6.54 Å². The number of nitrogens with two attached hydrogens (primary N) is 1. The molecule has 1 aromatic carbocycles. The van der Waals surface area contributed by atoms with Gasteiger partial charge in [-0.25, -0.2) is 9.37 Å². The lowest BCUT2D eigenvalue weighted by Crippen LogP contribution is -2.00. The van der Waals surface area contributed by atoms with Crippen LogP contribution in [0.5, 0.6) is 0 Å². The van der Waals surface area contributed by atoms with Gasteiger partial charge in [-0.05, 0) is 18.2 Å². The summed E-state index contributed by atoms with van der Waals surface area (Å²) in [6.07, 6.45) is 3.30. The molecule has 0 spiro atoms. The quantitative estimate of drug-likeness (QED) is 0.852. The van der Waals surface area contributed by atoms with Gasteiger partial charge in [0.25, 0.3) is 0 Å². The summed E-state index contributed by atoms with van der Waals surface area (Å²) in [4.78, 5) is 4.15. The van der Waals surface area contributed by atoms with Crippen LogP contribution in [-0.2, 0) is 6.54 Å². The molecule has 0 radical (unpaired) electrons. The number of anilines is 1. The van der Waals surface area contributed by atoms with Crippen molar-refractivity contribution in [3.63, 3.8) is 0 Å². The molecule has 88 valence electrons. The van der Waals surface area contributed by atoms with Crippen molar-refractivity contribution in [1.29, 1.82) is 0 Å². The van der Waals surface area contributed by atoms with Gasteiger partial charge in [-0.3, -0.25) is 0 Å². The Morgan fingerprint density at radius 1 is 1.47 bits per heavy atom. The van der Waals surface area contributed by atoms with E-state index >= 15 is 0 Å². The molecular formula is C12H11ClFN3. The standard InChI is InChI=1S/C12H11ClFN3/c1-2-3-17-7-16-11(12(17)15)8-4-9(13)6-10(14)5-8/h2,4-7H,1,3,15H2. The van der Waals surface area contributed by atoms with Crippen LogP contribution in [0.1, 0.15) is 0 Å². The number of hydrogen-bond acceptors (Lipinski definition) is 2. The predicted octanol–water partition coefficient (Wildman–Crippen LogP) is 3.11. The first-order valence-corrected chi connectivity index (χ1v) is 5.37. The van der Waals surface area contributed by atoms with E-state index in [0.29, 0.717) is 28.6 Å². The lowest BCUT2D eigenvalue weighted by atomic mass is 10.1. The van der Waals surface area contributed by atoms with Gasteiger partial charge in [0.1, 0.15) is 17.3 Å². The summed E-state index contributed by atoms with van der Waals surface area (Å²) >= 11 is 5.79. The van der Waals surface area contributed by atoms with E-state index in [1.807, 2.05) is 0 Å². The van der Waals surface area contributed by atoms with E-state index in [0.717, 1.165) is 0 Å². The summed E-state index contributed by atoms with van der Waals surface area (Å²) in [6, 6.07) is 4.21. The number of aromatic nitrogens is 2. The van der Waals surface area contributed by atoms with E-state index in [2.05, 4.69) is 11.6 Å². The molecule has 0 bridgehead atoms. The SMILES string of the molecule is C=CCn1cnc(-c2cc(F)cc(Cl)c2)c1N. The molecule has 5 heteroatoms. The van der Waals surface area contributed by atoms with Gasteiger partial charge in [0.15, 0.2) is 0 Å². The zero-order valence-electron chi connectivity index (χ0n) is 9.03. The predicted molar refractivity (Wildman–Crippen MR) is 67.2 cm³/mol. The fraction of sp³-hybridized carbons (Fsp3) is 0.0833. The minimum Gasteiger partial charge on any atom is -0.383 e. The van der Waals surface area contributed by atoms with Crippen molar-refractivity contribution in [3.05, 3.63) is 48.0 Å². The molecule has 1 aromatic heterocycles. The van der Waals surface area contributed by atoms with Crippen molar-refractivity contribution < 1.29 is 4.39 Å². The Morgan fingerprint density at radius 3 is 2.88 bits per heavy atom. The molecule has 0 unspecified atom stereocenters. The number of halogens is 2. The second-order valence-electron chi connectivity index (χ2n) is 3.58. The second-order valence-corrected chi connectivity index (χ2v) is 4.01. The second kappa shape index (κ2) is 4.59. The summed E-state index contributed by atoms with van der Waals surface area (Å²) in [5.41, 5.74) is 7.00. The maximum absolute atomic E-state index is 13.2. The largest absolute Gasteiger partial charge is 0.383 e. The molecule has 2 aromatic rings. The zero-order valence-corrected chi connectivity index (χ0v) is 9.78. The molecule has 0 amide bonds. The minimum atomic E-state index is -0.412. The molecule has 0 saturated heterocycles. The average molecular weight is 252 g/mol. The van der Waals surface area contributed by atoms with Gasteiger partial charge < -0.3 is 10.3 Å². The van der Waals surface area contributed by atoms with Crippen LogP contribution in [0.4, 0.5) is 10.2 Å². The number of rotatable bonds is 3. The first kappa shape index (κ1) is 11.7. The van der Waals surface area contributed by atoms with E-state index in [4.69, 9.17) is 17.3 Å². The Labute approximate surface area is 103 Å². The maximum atomic E-state index is 13.2. The molecule has 1 heterocycles. The van der Waals surface area contributed by atoms with E-state index in [9.17, 15) is 4.39 Å². The molecule has 0 fully saturated rings. The van der Waals surface area contributed by atoms with E-state index in [1.165, 1.54) is 12.1 Å². The first-order chi connectivity index (χ1) is 8.11. The maximum Gasteiger partial charge on any atom is 0.131 e. The summed E-state index contributed by atoms with van der Waals surface area (Å²) in [7, 11) is 0. The number of nitrogen functional groups attached to an aromatic ring is 1. The third kappa shape index (κ3) is 2.31. The number of imidazole rings is 1. The van der Waals surface area contributed by atoms with E-state index in [-0.39, 0.29) is 0 Å². The molecule has 2 N–H and O–H groups in total. The first-order valence-electron chi connectivity index (χ1n) is 5.00. The van der Waals surface area contributed by atoms with Gasteiger partial charge in [0.2, 0.25) is 0 Å². The van der Waals surface area contributed by atoms with Crippen LogP contribution in [0.3, 0.4) is 0 Å². The van der Waals surface area contributed by atoms with Gasteiger partial charge in [-0.2, -0.15) is 0 Å². The van der Waals surface area contributed by atoms with Crippen LogP contribution in [0, 0.1) is 5.82 Å². The van der Waals surface area contributed by atoms with Crippen LogP contribution < -0.4 is 5.73 Å². The molecule has 2 rings (SSSR count). The molecule has 0 aliphatic rings. The number of benzene rings is 1. The number of hydrogen-bond donors (Lipinski definition) is 1. The zero-order chi connectivity index (χ0) is 12.4. The van der Waals surface area contributed by atoms with Crippen LogP contribution in [-0.4, -0.2) is 9.55 Å². The topological polar surface area (TPSA) is 43.8 Å². The summed E-state index contributed by atoms with van der Waals surface area (Å²) in [6.45, 7) is 4.18. The van der Waals surface area contributed by atoms with E-state index < -0.39 is 5.82 Å². The Kier molecular flexibility index (Phi) is 3.15. The van der Waals surface area contributed by atoms with Gasteiger partial charge in [-0.15, -0.1) is 6.58 Å². The number of allylic oxidation sites excluding steroid dienone is 1. The summed E-state index contributed by atoms with van der Waals surface area (Å²) in [5.74, 6) is 0.0525. The smallest absolute Gasteiger partial charge is 0.131 e. The molecule has 0 atom stereocenters. The van der Waals surface area contributed by atoms with Gasteiger partial charge in [-0.1, -0.05) is 17.7 Å². The highest BCUT2D eigenvalue weighted by molar-refractivity contribution is 6.30. The Morgan fingerprint density at radius 2 is 2.24 bits per heavy atom. The van der Waals surface area contributed by atoms with Gasteiger partial charge in [0.05, 0.1) is 6.33 Å². The monoisotopic (exact) mass is 251 g/mol. The Hall–Kier alpha value is -1.81. The highest BCUT2D eigenvalue weighted by Gasteiger charge is 2.10. The molecule has 0 aliphatic heterocycles. The highest BCUT2D eigenvalue weighted by Crippen LogP contribution is 2.27. The fourth-order valence-corrected chi connectivity index (χ4v) is 1.81. The molecule has 0 saturated carbocycles. The van der Waals surface area contributed by atoms with E-state index in [1.54, 1.807) is 23.0 Å². The summed E-state index contributed by atoms with van der Waals surface area (Å²) < 4.78 is 14.9. The van der Waals surface area contributed by atoms with Crippen LogP contribution in [0.25, 0.3) is 11.3 Å². The number of nitrogens with zero attached hydrogens (tertiary/aromatic N) is 2. The third-order valence-electron chi connectivity index (χ3n) is 2.34. The average Bonchev–Trinajstić information content (AvgIpc) is 2.60. The van der Waals surface area contributed by atoms with Crippen molar-refractivity contribution >= 4 is 17.4 Å². The van der Waals surface area contributed by atoms with Crippen molar-refractivity contribution in [3.8, 4) is 11.3 Å². The Bertz CT molecular complexity index is 543. The molecule has 3 nitrogen and oxygen atoms in total. The minimum absolute atomic E-state index is 0.317. The normalized spacial score (nSPS) is 10.5. The fourth-order valence-electron chi connectivity index (χ4n) is 1.59. The van der Waals surface area contributed by atoms with Crippen molar-refractivity contribution in [2.75, 3.05) is 5.73 Å². The molecule has 0 aliphatic carbocycles. The van der Waals surface area contributed by atoms with Crippen LogP contribution in [0.2, 0.25) is 5.02 Å². The lowest BCUT2D eigenvalue weighted by Gasteiger charge is -2.03. The summed E-state index contributed by atoms with van der Waals surface area (Å²) in [5, 5.41) is 0.317. The lowest BCUT2D eigenvalue weighted by molar-refractivity contribution is 0.628. The van der Waals surface area contributed by atoms with Gasteiger partial charge in [0, 0.05) is 17.1 Å². The van der Waals surface area contributed by atoms with Crippen molar-refractivity contribution in [2.24, 2.45) is 0 Å².